The van der Waals surface area contributed by atoms with Gasteiger partial charge in [-0.05, 0) is 24.8 Å². The first-order valence-electron chi connectivity index (χ1n) is 5.24. The molecule has 0 aromatic carbocycles. The predicted molar refractivity (Wildman–Crippen MR) is 69.7 cm³/mol. The molecule has 0 spiro atoms. The summed E-state index contributed by atoms with van der Waals surface area (Å²) in [5.41, 5.74) is 1.96. The van der Waals surface area contributed by atoms with E-state index in [0.717, 1.165) is 30.8 Å². The van der Waals surface area contributed by atoms with Crippen molar-refractivity contribution in [3.8, 4) is 0 Å². The molecule has 0 aliphatic carbocycles. The topological polar surface area (TPSA) is 32.3 Å². The van der Waals surface area contributed by atoms with Crippen LogP contribution in [0.5, 0.6) is 0 Å². The fourth-order valence-electron chi connectivity index (χ4n) is 1.88. The first-order chi connectivity index (χ1) is 7.20. The SMILES string of the molecule is Cc1cscc1C(=O)N1CCNC[C@H]1C.Cl. The molecule has 0 unspecified atom stereocenters. The lowest BCUT2D eigenvalue weighted by Gasteiger charge is -2.34. The van der Waals surface area contributed by atoms with Crippen molar-refractivity contribution in [3.05, 3.63) is 21.9 Å². The van der Waals surface area contributed by atoms with E-state index >= 15 is 0 Å². The quantitative estimate of drug-likeness (QED) is 0.837. The Morgan fingerprint density at radius 1 is 1.56 bits per heavy atom. The van der Waals surface area contributed by atoms with Gasteiger partial charge in [-0.1, -0.05) is 0 Å². The number of carbonyl (C=O) groups excluding carboxylic acids is 1. The van der Waals surface area contributed by atoms with Gasteiger partial charge in [-0.2, -0.15) is 11.3 Å². The van der Waals surface area contributed by atoms with E-state index in [-0.39, 0.29) is 18.3 Å². The van der Waals surface area contributed by atoms with Gasteiger partial charge < -0.3 is 10.2 Å². The lowest BCUT2D eigenvalue weighted by atomic mass is 10.1. The maximum absolute atomic E-state index is 12.2. The monoisotopic (exact) mass is 260 g/mol. The molecule has 2 rings (SSSR count). The van der Waals surface area contributed by atoms with E-state index in [1.54, 1.807) is 11.3 Å². The van der Waals surface area contributed by atoms with Crippen LogP contribution in [-0.4, -0.2) is 36.5 Å². The Hall–Kier alpha value is -0.580. The minimum atomic E-state index is 0. The average Bonchev–Trinajstić information content (AvgIpc) is 2.64. The Morgan fingerprint density at radius 3 is 2.88 bits per heavy atom. The van der Waals surface area contributed by atoms with E-state index in [2.05, 4.69) is 12.2 Å². The molecule has 1 aromatic heterocycles. The van der Waals surface area contributed by atoms with Crippen LogP contribution in [0.4, 0.5) is 0 Å². The summed E-state index contributed by atoms with van der Waals surface area (Å²) in [7, 11) is 0. The second-order valence-electron chi connectivity index (χ2n) is 4.02. The minimum Gasteiger partial charge on any atom is -0.333 e. The van der Waals surface area contributed by atoms with E-state index < -0.39 is 0 Å². The van der Waals surface area contributed by atoms with Crippen molar-refractivity contribution in [2.24, 2.45) is 0 Å². The molecule has 1 N–H and O–H groups in total. The fraction of sp³-hybridized carbons (Fsp3) is 0.545. The summed E-state index contributed by atoms with van der Waals surface area (Å²) >= 11 is 1.60. The lowest BCUT2D eigenvalue weighted by molar-refractivity contribution is 0.0655. The Labute approximate surface area is 106 Å². The van der Waals surface area contributed by atoms with Gasteiger partial charge in [0.25, 0.3) is 5.91 Å². The highest BCUT2D eigenvalue weighted by molar-refractivity contribution is 7.08. The molecule has 1 aromatic rings. The molecule has 0 bridgehead atoms. The summed E-state index contributed by atoms with van der Waals surface area (Å²) in [4.78, 5) is 14.2. The van der Waals surface area contributed by atoms with E-state index in [4.69, 9.17) is 0 Å². The molecule has 0 radical (unpaired) electrons. The number of hydrogen-bond donors (Lipinski definition) is 1. The Bertz CT molecular complexity index is 367. The number of thiophene rings is 1. The molecule has 1 amide bonds. The van der Waals surface area contributed by atoms with Crippen molar-refractivity contribution in [1.82, 2.24) is 10.2 Å². The lowest BCUT2D eigenvalue weighted by Crippen LogP contribution is -2.52. The smallest absolute Gasteiger partial charge is 0.255 e. The maximum atomic E-state index is 12.2. The van der Waals surface area contributed by atoms with E-state index in [0.29, 0.717) is 6.04 Å². The van der Waals surface area contributed by atoms with Crippen molar-refractivity contribution in [2.75, 3.05) is 19.6 Å². The number of halogens is 1. The van der Waals surface area contributed by atoms with Crippen LogP contribution in [0.2, 0.25) is 0 Å². The molecule has 16 heavy (non-hydrogen) atoms. The highest BCUT2D eigenvalue weighted by Gasteiger charge is 2.25. The van der Waals surface area contributed by atoms with Gasteiger partial charge in [0.15, 0.2) is 0 Å². The second kappa shape index (κ2) is 5.66. The molecule has 1 atom stereocenters. The standard InChI is InChI=1S/C11H16N2OS.ClH/c1-8-6-15-7-10(8)11(14)13-4-3-12-5-9(13)2;/h6-7,9,12H,3-5H2,1-2H3;1H/t9-;/m1./s1. The van der Waals surface area contributed by atoms with Crippen molar-refractivity contribution in [2.45, 2.75) is 19.9 Å². The van der Waals surface area contributed by atoms with Gasteiger partial charge in [0, 0.05) is 31.1 Å². The molecule has 90 valence electrons. The summed E-state index contributed by atoms with van der Waals surface area (Å²) in [6.07, 6.45) is 0. The van der Waals surface area contributed by atoms with Crippen molar-refractivity contribution < 1.29 is 4.79 Å². The number of nitrogens with one attached hydrogen (secondary N) is 1. The number of hydrogen-bond acceptors (Lipinski definition) is 3. The first kappa shape index (κ1) is 13.5. The Morgan fingerprint density at radius 2 is 2.31 bits per heavy atom. The molecule has 1 aliphatic rings. The van der Waals surface area contributed by atoms with Gasteiger partial charge in [0.2, 0.25) is 0 Å². The number of nitrogens with zero attached hydrogens (tertiary/aromatic N) is 1. The number of amides is 1. The van der Waals surface area contributed by atoms with Gasteiger partial charge in [0.1, 0.15) is 0 Å². The molecule has 2 heterocycles. The van der Waals surface area contributed by atoms with Gasteiger partial charge in [0.05, 0.1) is 5.56 Å². The summed E-state index contributed by atoms with van der Waals surface area (Å²) < 4.78 is 0. The molecule has 1 aliphatic heterocycles. The molecule has 1 fully saturated rings. The van der Waals surface area contributed by atoms with Crippen LogP contribution in [0.1, 0.15) is 22.8 Å². The van der Waals surface area contributed by atoms with Crippen molar-refractivity contribution in [3.63, 3.8) is 0 Å². The molecular formula is C11H17ClN2OS. The zero-order valence-electron chi connectivity index (χ0n) is 9.53. The van der Waals surface area contributed by atoms with Crippen molar-refractivity contribution >= 4 is 29.7 Å². The van der Waals surface area contributed by atoms with Crippen LogP contribution in [0, 0.1) is 6.92 Å². The highest BCUT2D eigenvalue weighted by Crippen LogP contribution is 2.17. The molecule has 1 saturated heterocycles. The number of rotatable bonds is 1. The predicted octanol–water partition coefficient (Wildman–Crippen LogP) is 1.91. The maximum Gasteiger partial charge on any atom is 0.255 e. The Balaban J connectivity index is 0.00000128. The second-order valence-corrected chi connectivity index (χ2v) is 4.76. The highest BCUT2D eigenvalue weighted by atomic mass is 35.5. The normalized spacial score (nSPS) is 20.4. The van der Waals surface area contributed by atoms with Gasteiger partial charge in [-0.3, -0.25) is 4.79 Å². The summed E-state index contributed by atoms with van der Waals surface area (Å²) in [5.74, 6) is 0.183. The van der Waals surface area contributed by atoms with Crippen LogP contribution >= 0.6 is 23.7 Å². The zero-order valence-corrected chi connectivity index (χ0v) is 11.2. The Kier molecular flexibility index (Phi) is 4.77. The molecule has 3 nitrogen and oxygen atoms in total. The van der Waals surface area contributed by atoms with E-state index in [1.165, 1.54) is 0 Å². The average molecular weight is 261 g/mol. The summed E-state index contributed by atoms with van der Waals surface area (Å²) in [6, 6.07) is 0.297. The zero-order chi connectivity index (χ0) is 10.8. The molecule has 0 saturated carbocycles. The van der Waals surface area contributed by atoms with Crippen LogP contribution in [0.3, 0.4) is 0 Å². The van der Waals surface area contributed by atoms with Gasteiger partial charge in [-0.25, -0.2) is 0 Å². The van der Waals surface area contributed by atoms with E-state index in [1.807, 2.05) is 22.6 Å². The van der Waals surface area contributed by atoms with Crippen LogP contribution in [-0.2, 0) is 0 Å². The van der Waals surface area contributed by atoms with Crippen molar-refractivity contribution in [1.29, 1.82) is 0 Å². The number of aryl methyl sites for hydroxylation is 1. The van der Waals surface area contributed by atoms with Crippen LogP contribution in [0.25, 0.3) is 0 Å². The van der Waals surface area contributed by atoms with Crippen LogP contribution in [0.15, 0.2) is 10.8 Å². The van der Waals surface area contributed by atoms with E-state index in [9.17, 15) is 4.79 Å². The summed E-state index contributed by atoms with van der Waals surface area (Å²) in [6.45, 7) is 6.70. The molecular weight excluding hydrogens is 244 g/mol. The number of piperazine rings is 1. The van der Waals surface area contributed by atoms with Crippen LogP contribution < -0.4 is 5.32 Å². The number of carbonyl (C=O) groups is 1. The largest absolute Gasteiger partial charge is 0.333 e. The fourth-order valence-corrected chi connectivity index (χ4v) is 2.70. The molecule has 5 heteroatoms. The third kappa shape index (κ3) is 2.56. The third-order valence-electron chi connectivity index (χ3n) is 2.85. The minimum absolute atomic E-state index is 0. The first-order valence-corrected chi connectivity index (χ1v) is 6.19. The van der Waals surface area contributed by atoms with Gasteiger partial charge in [-0.15, -0.1) is 12.4 Å². The third-order valence-corrected chi connectivity index (χ3v) is 3.71. The summed E-state index contributed by atoms with van der Waals surface area (Å²) in [5, 5.41) is 7.27. The van der Waals surface area contributed by atoms with Gasteiger partial charge >= 0.3 is 0 Å².